The van der Waals surface area contributed by atoms with E-state index in [0.29, 0.717) is 36.0 Å². The molecule has 4 rings (SSSR count). The second kappa shape index (κ2) is 7.31. The Morgan fingerprint density at radius 3 is 2.67 bits per heavy atom. The van der Waals surface area contributed by atoms with Crippen molar-refractivity contribution in [3.8, 4) is 22.9 Å². The van der Waals surface area contributed by atoms with Crippen LogP contribution in [0.5, 0.6) is 11.8 Å². The molecule has 6 nitrogen and oxygen atoms in total. The Hall–Kier alpha value is -3.02. The van der Waals surface area contributed by atoms with E-state index in [2.05, 4.69) is 39.0 Å². The molecule has 0 radical (unpaired) electrons. The van der Waals surface area contributed by atoms with Gasteiger partial charge in [0.15, 0.2) is 0 Å². The van der Waals surface area contributed by atoms with E-state index in [4.69, 9.17) is 9.47 Å². The van der Waals surface area contributed by atoms with Crippen LogP contribution >= 0.6 is 0 Å². The van der Waals surface area contributed by atoms with E-state index in [0.717, 1.165) is 23.2 Å². The molecule has 2 atom stereocenters. The van der Waals surface area contributed by atoms with E-state index < -0.39 is 0 Å². The summed E-state index contributed by atoms with van der Waals surface area (Å²) in [6, 6.07) is 8.02. The summed E-state index contributed by atoms with van der Waals surface area (Å²) in [6.45, 7) is 4.51. The van der Waals surface area contributed by atoms with E-state index >= 15 is 0 Å². The van der Waals surface area contributed by atoms with Gasteiger partial charge in [0.25, 0.3) is 0 Å². The SMILES string of the molecule is COc1ncccc1-c1cnc(C)nc1OCC1CC1c1ccc(C)cn1. The molecule has 1 aliphatic carbocycles. The van der Waals surface area contributed by atoms with Crippen LogP contribution in [-0.2, 0) is 0 Å². The van der Waals surface area contributed by atoms with Gasteiger partial charge in [-0.1, -0.05) is 6.07 Å². The molecular weight excluding hydrogens is 340 g/mol. The van der Waals surface area contributed by atoms with Crippen molar-refractivity contribution in [1.29, 1.82) is 0 Å². The summed E-state index contributed by atoms with van der Waals surface area (Å²) in [4.78, 5) is 17.6. The molecule has 2 unspecified atom stereocenters. The fourth-order valence-corrected chi connectivity index (χ4v) is 3.18. The van der Waals surface area contributed by atoms with E-state index in [9.17, 15) is 0 Å². The number of aromatic nitrogens is 4. The third-order valence-electron chi connectivity index (χ3n) is 4.80. The van der Waals surface area contributed by atoms with E-state index in [1.807, 2.05) is 25.3 Å². The minimum absolute atomic E-state index is 0.458. The molecule has 3 heterocycles. The van der Waals surface area contributed by atoms with Crippen LogP contribution in [-0.4, -0.2) is 33.7 Å². The summed E-state index contributed by atoms with van der Waals surface area (Å²) in [6.07, 6.45) is 6.47. The first-order chi connectivity index (χ1) is 13.2. The zero-order chi connectivity index (χ0) is 18.8. The highest BCUT2D eigenvalue weighted by atomic mass is 16.5. The van der Waals surface area contributed by atoms with Crippen molar-refractivity contribution >= 4 is 0 Å². The van der Waals surface area contributed by atoms with Gasteiger partial charge in [0, 0.05) is 36.1 Å². The average Bonchev–Trinajstić information content (AvgIpc) is 3.47. The Balaban J connectivity index is 1.51. The van der Waals surface area contributed by atoms with Gasteiger partial charge in [0.05, 0.1) is 24.8 Å². The van der Waals surface area contributed by atoms with Gasteiger partial charge in [-0.25, -0.2) is 9.97 Å². The molecule has 0 spiro atoms. The van der Waals surface area contributed by atoms with E-state index in [1.54, 1.807) is 19.5 Å². The Bertz CT molecular complexity index is 943. The van der Waals surface area contributed by atoms with Crippen molar-refractivity contribution in [2.75, 3.05) is 13.7 Å². The summed E-state index contributed by atoms with van der Waals surface area (Å²) in [5.41, 5.74) is 3.93. The van der Waals surface area contributed by atoms with Gasteiger partial charge in [0.1, 0.15) is 5.82 Å². The molecule has 1 aliphatic rings. The molecule has 0 saturated heterocycles. The van der Waals surface area contributed by atoms with Gasteiger partial charge in [-0.05, 0) is 44.0 Å². The molecule has 0 amide bonds. The summed E-state index contributed by atoms with van der Waals surface area (Å²) < 4.78 is 11.5. The maximum atomic E-state index is 6.11. The van der Waals surface area contributed by atoms with Crippen LogP contribution in [0.15, 0.2) is 42.9 Å². The average molecular weight is 362 g/mol. The van der Waals surface area contributed by atoms with Crippen molar-refractivity contribution in [2.24, 2.45) is 5.92 Å². The van der Waals surface area contributed by atoms with Gasteiger partial charge in [-0.3, -0.25) is 4.98 Å². The molecule has 3 aromatic rings. The number of hydrogen-bond donors (Lipinski definition) is 0. The molecule has 0 aliphatic heterocycles. The summed E-state index contributed by atoms with van der Waals surface area (Å²) in [7, 11) is 1.60. The second-order valence-corrected chi connectivity index (χ2v) is 6.87. The quantitative estimate of drug-likeness (QED) is 0.665. The van der Waals surface area contributed by atoms with Crippen LogP contribution in [0.3, 0.4) is 0 Å². The molecule has 0 aromatic carbocycles. The smallest absolute Gasteiger partial charge is 0.224 e. The second-order valence-electron chi connectivity index (χ2n) is 6.87. The van der Waals surface area contributed by atoms with Crippen molar-refractivity contribution in [1.82, 2.24) is 19.9 Å². The Labute approximate surface area is 158 Å². The van der Waals surface area contributed by atoms with Crippen molar-refractivity contribution in [3.05, 3.63) is 59.9 Å². The fraction of sp³-hybridized carbons (Fsp3) is 0.333. The van der Waals surface area contributed by atoms with Gasteiger partial charge >= 0.3 is 0 Å². The monoisotopic (exact) mass is 362 g/mol. The number of aryl methyl sites for hydroxylation is 2. The zero-order valence-electron chi connectivity index (χ0n) is 15.7. The summed E-state index contributed by atoms with van der Waals surface area (Å²) >= 11 is 0. The fourth-order valence-electron chi connectivity index (χ4n) is 3.18. The van der Waals surface area contributed by atoms with Gasteiger partial charge in [0.2, 0.25) is 11.8 Å². The Morgan fingerprint density at radius 2 is 1.89 bits per heavy atom. The van der Waals surface area contributed by atoms with Crippen molar-refractivity contribution in [3.63, 3.8) is 0 Å². The van der Waals surface area contributed by atoms with Crippen LogP contribution in [0.4, 0.5) is 0 Å². The topological polar surface area (TPSA) is 70.0 Å². The molecule has 0 N–H and O–H groups in total. The lowest BCUT2D eigenvalue weighted by molar-refractivity contribution is 0.285. The van der Waals surface area contributed by atoms with Crippen LogP contribution in [0.1, 0.15) is 29.4 Å². The summed E-state index contributed by atoms with van der Waals surface area (Å²) in [5.74, 6) is 2.69. The van der Waals surface area contributed by atoms with Crippen LogP contribution in [0.25, 0.3) is 11.1 Å². The van der Waals surface area contributed by atoms with Gasteiger partial charge in [-0.15, -0.1) is 0 Å². The largest absolute Gasteiger partial charge is 0.481 e. The van der Waals surface area contributed by atoms with Crippen molar-refractivity contribution in [2.45, 2.75) is 26.2 Å². The van der Waals surface area contributed by atoms with E-state index in [1.165, 1.54) is 5.56 Å². The maximum Gasteiger partial charge on any atom is 0.224 e. The lowest BCUT2D eigenvalue weighted by atomic mass is 10.1. The number of pyridine rings is 2. The van der Waals surface area contributed by atoms with Crippen LogP contribution in [0, 0.1) is 19.8 Å². The van der Waals surface area contributed by atoms with Crippen LogP contribution in [0.2, 0.25) is 0 Å². The molecule has 0 bridgehead atoms. The summed E-state index contributed by atoms with van der Waals surface area (Å²) in [5, 5.41) is 0. The normalized spacial score (nSPS) is 18.2. The van der Waals surface area contributed by atoms with Gasteiger partial charge in [-0.2, -0.15) is 4.98 Å². The maximum absolute atomic E-state index is 6.11. The van der Waals surface area contributed by atoms with Gasteiger partial charge < -0.3 is 9.47 Å². The zero-order valence-corrected chi connectivity index (χ0v) is 15.7. The highest BCUT2D eigenvalue weighted by Crippen LogP contribution is 2.47. The predicted molar refractivity (Wildman–Crippen MR) is 102 cm³/mol. The molecule has 3 aromatic heterocycles. The first-order valence-electron chi connectivity index (χ1n) is 9.04. The molecule has 1 fully saturated rings. The lowest BCUT2D eigenvalue weighted by Gasteiger charge is -2.12. The number of rotatable bonds is 6. The first-order valence-corrected chi connectivity index (χ1v) is 9.04. The standard InChI is InChI=1S/C21H22N4O2/c1-13-6-7-19(24-10-13)17-9-15(17)12-27-21-18(11-23-14(2)25-21)16-5-4-8-22-20(16)26-3/h4-8,10-11,15,17H,9,12H2,1-3H3. The Morgan fingerprint density at radius 1 is 1.00 bits per heavy atom. The number of nitrogens with zero attached hydrogens (tertiary/aromatic N) is 4. The lowest BCUT2D eigenvalue weighted by Crippen LogP contribution is -2.06. The highest BCUT2D eigenvalue weighted by molar-refractivity contribution is 5.72. The Kier molecular flexibility index (Phi) is 4.71. The van der Waals surface area contributed by atoms with Crippen LogP contribution < -0.4 is 9.47 Å². The predicted octanol–water partition coefficient (Wildman–Crippen LogP) is 3.74. The third kappa shape index (κ3) is 3.74. The molecule has 1 saturated carbocycles. The minimum Gasteiger partial charge on any atom is -0.481 e. The first kappa shape index (κ1) is 17.4. The van der Waals surface area contributed by atoms with Crippen molar-refractivity contribution < 1.29 is 9.47 Å². The number of hydrogen-bond acceptors (Lipinski definition) is 6. The molecule has 6 heteroatoms. The number of methoxy groups -OCH3 is 1. The van der Waals surface area contributed by atoms with E-state index in [-0.39, 0.29) is 0 Å². The molecular formula is C21H22N4O2. The number of ether oxygens (including phenoxy) is 2. The highest BCUT2D eigenvalue weighted by Gasteiger charge is 2.40. The third-order valence-corrected chi connectivity index (χ3v) is 4.80. The minimum atomic E-state index is 0.458. The molecule has 27 heavy (non-hydrogen) atoms. The molecule has 138 valence electrons.